The second kappa shape index (κ2) is 9.26. The minimum atomic E-state index is -0.940. The zero-order valence-electron chi connectivity index (χ0n) is 16.5. The Kier molecular flexibility index (Phi) is 7.30. The van der Waals surface area contributed by atoms with E-state index >= 15 is 0 Å². The molecule has 1 N–H and O–H groups in total. The number of rotatable bonds is 6. The van der Waals surface area contributed by atoms with E-state index in [1.165, 1.54) is 6.07 Å². The van der Waals surface area contributed by atoms with Crippen molar-refractivity contribution in [2.24, 2.45) is 11.8 Å². The van der Waals surface area contributed by atoms with E-state index in [4.69, 9.17) is 0 Å². The lowest BCUT2D eigenvalue weighted by atomic mass is 10.0. The number of nitrogens with zero attached hydrogens (tertiary/aromatic N) is 2. The summed E-state index contributed by atoms with van der Waals surface area (Å²) >= 11 is 0. The van der Waals surface area contributed by atoms with Crippen molar-refractivity contribution in [1.29, 1.82) is 0 Å². The Labute approximate surface area is 159 Å². The largest absolute Gasteiger partial charge is 0.340 e. The monoisotopic (exact) mass is 381 g/mol. The molecular weight excluding hydrogens is 352 g/mol. The number of hydrogen-bond acceptors (Lipinski definition) is 3. The van der Waals surface area contributed by atoms with Gasteiger partial charge in [-0.15, -0.1) is 0 Å². The first-order valence-corrected chi connectivity index (χ1v) is 9.46. The third-order valence-corrected chi connectivity index (χ3v) is 4.72. The van der Waals surface area contributed by atoms with Crippen molar-refractivity contribution in [3.63, 3.8) is 0 Å². The maximum atomic E-state index is 13.9. The van der Waals surface area contributed by atoms with Gasteiger partial charge in [-0.2, -0.15) is 0 Å². The second-order valence-corrected chi connectivity index (χ2v) is 7.81. The van der Waals surface area contributed by atoms with Crippen LogP contribution in [0.1, 0.15) is 38.1 Å². The summed E-state index contributed by atoms with van der Waals surface area (Å²) in [6.07, 6.45) is 0. The van der Waals surface area contributed by atoms with Crippen LogP contribution in [0.4, 0.5) is 8.78 Å². The first kappa shape index (κ1) is 21.3. The number of amides is 2. The highest BCUT2D eigenvalue weighted by Crippen LogP contribution is 2.15. The molecule has 0 aromatic heterocycles. The summed E-state index contributed by atoms with van der Waals surface area (Å²) < 4.78 is 27.7. The predicted octanol–water partition coefficient (Wildman–Crippen LogP) is 2.52. The van der Waals surface area contributed by atoms with Gasteiger partial charge in [-0.05, 0) is 24.0 Å². The van der Waals surface area contributed by atoms with Gasteiger partial charge in [0.15, 0.2) is 0 Å². The maximum Gasteiger partial charge on any atom is 0.257 e. The van der Waals surface area contributed by atoms with E-state index in [0.29, 0.717) is 19.0 Å². The minimum Gasteiger partial charge on any atom is -0.340 e. The fourth-order valence-corrected chi connectivity index (χ4v) is 3.31. The second-order valence-electron chi connectivity index (χ2n) is 7.81. The lowest BCUT2D eigenvalue weighted by molar-refractivity contribution is -0.136. The Balaban J connectivity index is 2.05. The minimum absolute atomic E-state index is 0.204. The van der Waals surface area contributed by atoms with Crippen LogP contribution in [0.5, 0.6) is 0 Å². The van der Waals surface area contributed by atoms with E-state index < -0.39 is 29.1 Å². The first-order chi connectivity index (χ1) is 12.7. The van der Waals surface area contributed by atoms with Crippen molar-refractivity contribution in [3.8, 4) is 0 Å². The summed E-state index contributed by atoms with van der Waals surface area (Å²) in [6, 6.07) is 2.42. The summed E-state index contributed by atoms with van der Waals surface area (Å²) in [7, 11) is 0. The molecule has 1 aromatic rings. The fourth-order valence-electron chi connectivity index (χ4n) is 3.31. The molecule has 1 aliphatic rings. The van der Waals surface area contributed by atoms with Crippen LogP contribution in [-0.2, 0) is 4.79 Å². The van der Waals surface area contributed by atoms with Crippen LogP contribution in [0.15, 0.2) is 18.2 Å². The number of halogens is 2. The van der Waals surface area contributed by atoms with Crippen LogP contribution in [-0.4, -0.2) is 60.4 Å². The summed E-state index contributed by atoms with van der Waals surface area (Å²) in [4.78, 5) is 29.3. The molecule has 0 aliphatic carbocycles. The molecular formula is C20H29F2N3O2. The Hall–Kier alpha value is -2.02. The van der Waals surface area contributed by atoms with Crippen molar-refractivity contribution in [2.75, 3.05) is 32.7 Å². The Morgan fingerprint density at radius 2 is 1.59 bits per heavy atom. The molecule has 1 aromatic carbocycles. The zero-order chi connectivity index (χ0) is 20.1. The van der Waals surface area contributed by atoms with Gasteiger partial charge >= 0.3 is 0 Å². The first-order valence-electron chi connectivity index (χ1n) is 9.46. The van der Waals surface area contributed by atoms with Crippen LogP contribution in [0, 0.1) is 23.5 Å². The molecule has 0 spiro atoms. The zero-order valence-corrected chi connectivity index (χ0v) is 16.5. The highest BCUT2D eigenvalue weighted by atomic mass is 19.1. The van der Waals surface area contributed by atoms with Crippen molar-refractivity contribution in [2.45, 2.75) is 33.7 Å². The Bertz CT molecular complexity index is 651. The topological polar surface area (TPSA) is 52.6 Å². The molecule has 5 nitrogen and oxygen atoms in total. The maximum absolute atomic E-state index is 13.9. The van der Waals surface area contributed by atoms with Crippen molar-refractivity contribution in [1.82, 2.24) is 15.1 Å². The van der Waals surface area contributed by atoms with Gasteiger partial charge in [0.2, 0.25) is 5.91 Å². The quantitative estimate of drug-likeness (QED) is 0.824. The standard InChI is InChI=1S/C20H29F2N3O2/c1-13(2)12-24-8-10-25(11-9-24)20(27)18(14(3)4)23-19(26)17-15(21)6-5-7-16(17)22/h5-7,13-14,18H,8-12H2,1-4H3,(H,23,26). The van der Waals surface area contributed by atoms with E-state index in [1.54, 1.807) is 18.7 Å². The van der Waals surface area contributed by atoms with Crippen molar-refractivity contribution >= 4 is 11.8 Å². The Morgan fingerprint density at radius 3 is 2.07 bits per heavy atom. The van der Waals surface area contributed by atoms with Gasteiger partial charge in [0.1, 0.15) is 23.2 Å². The molecule has 1 fully saturated rings. The predicted molar refractivity (Wildman–Crippen MR) is 100 cm³/mol. The average Bonchev–Trinajstić information content (AvgIpc) is 2.59. The van der Waals surface area contributed by atoms with Crippen LogP contribution in [0.25, 0.3) is 0 Å². The SMILES string of the molecule is CC(C)CN1CCN(C(=O)C(NC(=O)c2c(F)cccc2F)C(C)C)CC1. The van der Waals surface area contributed by atoms with Gasteiger partial charge in [-0.3, -0.25) is 14.5 Å². The molecule has 0 bridgehead atoms. The van der Waals surface area contributed by atoms with Gasteiger partial charge in [-0.25, -0.2) is 8.78 Å². The van der Waals surface area contributed by atoms with Gasteiger partial charge in [0.05, 0.1) is 0 Å². The molecule has 1 aliphatic heterocycles. The molecule has 150 valence electrons. The molecule has 0 radical (unpaired) electrons. The van der Waals surface area contributed by atoms with E-state index in [-0.39, 0.29) is 11.8 Å². The number of carbonyl (C=O) groups excluding carboxylic acids is 2. The highest BCUT2D eigenvalue weighted by Gasteiger charge is 2.32. The van der Waals surface area contributed by atoms with E-state index in [1.807, 2.05) is 0 Å². The number of nitrogens with one attached hydrogen (secondary N) is 1. The van der Waals surface area contributed by atoms with Crippen LogP contribution in [0.3, 0.4) is 0 Å². The normalized spacial score (nSPS) is 16.7. The third-order valence-electron chi connectivity index (χ3n) is 4.72. The number of piperazine rings is 1. The third kappa shape index (κ3) is 5.48. The summed E-state index contributed by atoms with van der Waals surface area (Å²) in [5.74, 6) is -2.64. The lowest BCUT2D eigenvalue weighted by Gasteiger charge is -2.37. The average molecular weight is 381 g/mol. The summed E-state index contributed by atoms with van der Waals surface area (Å²) in [5, 5.41) is 2.53. The van der Waals surface area contributed by atoms with Crippen molar-refractivity contribution < 1.29 is 18.4 Å². The van der Waals surface area contributed by atoms with Gasteiger partial charge < -0.3 is 10.2 Å². The van der Waals surface area contributed by atoms with Crippen LogP contribution < -0.4 is 5.32 Å². The lowest BCUT2D eigenvalue weighted by Crippen LogP contribution is -2.56. The molecule has 2 rings (SSSR count). The van der Waals surface area contributed by atoms with E-state index in [9.17, 15) is 18.4 Å². The van der Waals surface area contributed by atoms with Crippen LogP contribution >= 0.6 is 0 Å². The Morgan fingerprint density at radius 1 is 1.04 bits per heavy atom. The van der Waals surface area contributed by atoms with E-state index in [0.717, 1.165) is 31.8 Å². The fraction of sp³-hybridized carbons (Fsp3) is 0.600. The number of carbonyl (C=O) groups is 2. The van der Waals surface area contributed by atoms with Gasteiger partial charge in [0, 0.05) is 32.7 Å². The molecule has 1 atom stereocenters. The molecule has 1 unspecified atom stereocenters. The number of benzene rings is 1. The smallest absolute Gasteiger partial charge is 0.257 e. The molecule has 2 amide bonds. The highest BCUT2D eigenvalue weighted by molar-refractivity contribution is 5.98. The molecule has 1 saturated heterocycles. The van der Waals surface area contributed by atoms with Gasteiger partial charge in [0.25, 0.3) is 5.91 Å². The molecule has 27 heavy (non-hydrogen) atoms. The summed E-state index contributed by atoms with van der Waals surface area (Å²) in [5.41, 5.74) is -0.655. The summed E-state index contributed by atoms with van der Waals surface area (Å²) in [6.45, 7) is 11.6. The van der Waals surface area contributed by atoms with Crippen molar-refractivity contribution in [3.05, 3.63) is 35.4 Å². The molecule has 0 saturated carbocycles. The van der Waals surface area contributed by atoms with Gasteiger partial charge in [-0.1, -0.05) is 33.8 Å². The molecule has 1 heterocycles. The van der Waals surface area contributed by atoms with E-state index in [2.05, 4.69) is 24.1 Å². The van der Waals surface area contributed by atoms with Crippen LogP contribution in [0.2, 0.25) is 0 Å². The number of hydrogen-bond donors (Lipinski definition) is 1. The molecule has 7 heteroatoms.